The Morgan fingerprint density at radius 2 is 2.18 bits per heavy atom. The summed E-state index contributed by atoms with van der Waals surface area (Å²) in [4.78, 5) is 0. The first kappa shape index (κ1) is 12.5. The normalized spacial score (nSPS) is 13.4. The molecule has 1 aromatic heterocycles. The van der Waals surface area contributed by atoms with Crippen molar-refractivity contribution < 1.29 is 4.74 Å². The van der Waals surface area contributed by atoms with E-state index in [9.17, 15) is 0 Å². The van der Waals surface area contributed by atoms with Crippen LogP contribution in [0.5, 0.6) is 0 Å². The van der Waals surface area contributed by atoms with E-state index >= 15 is 0 Å². The minimum atomic E-state index is 0.0414. The third-order valence-electron chi connectivity index (χ3n) is 2.68. The van der Waals surface area contributed by atoms with Crippen LogP contribution < -0.4 is 11.3 Å². The second-order valence-electron chi connectivity index (χ2n) is 4.29. The molecule has 0 aliphatic carbocycles. The van der Waals surface area contributed by atoms with Gasteiger partial charge >= 0.3 is 0 Å². The topological polar surface area (TPSA) is 47.3 Å². The molecule has 0 amide bonds. The van der Waals surface area contributed by atoms with Crippen LogP contribution in [-0.4, -0.2) is 12.7 Å². The summed E-state index contributed by atoms with van der Waals surface area (Å²) in [5.41, 5.74) is 4.05. The van der Waals surface area contributed by atoms with Crippen LogP contribution in [0.15, 0.2) is 29.6 Å². The van der Waals surface area contributed by atoms with E-state index in [1.807, 2.05) is 13.8 Å². The van der Waals surface area contributed by atoms with Crippen LogP contribution in [0.1, 0.15) is 25.5 Å². The van der Waals surface area contributed by atoms with E-state index in [-0.39, 0.29) is 12.1 Å². The number of hydrogen-bond donors (Lipinski definition) is 2. The number of hydrogen-bond acceptors (Lipinski definition) is 4. The Morgan fingerprint density at radius 3 is 2.88 bits per heavy atom. The van der Waals surface area contributed by atoms with Crippen molar-refractivity contribution in [1.29, 1.82) is 0 Å². The molecule has 17 heavy (non-hydrogen) atoms. The number of ether oxygens (including phenoxy) is 1. The van der Waals surface area contributed by atoms with Crippen molar-refractivity contribution in [1.82, 2.24) is 5.43 Å². The van der Waals surface area contributed by atoms with Crippen molar-refractivity contribution in [2.24, 2.45) is 5.84 Å². The molecule has 0 aliphatic rings. The molecule has 2 rings (SSSR count). The van der Waals surface area contributed by atoms with Crippen molar-refractivity contribution in [3.8, 4) is 0 Å². The van der Waals surface area contributed by atoms with Crippen LogP contribution in [-0.2, 0) is 4.74 Å². The van der Waals surface area contributed by atoms with Gasteiger partial charge in [0, 0.05) is 4.70 Å². The van der Waals surface area contributed by atoms with Gasteiger partial charge in [-0.05, 0) is 36.2 Å². The highest BCUT2D eigenvalue weighted by molar-refractivity contribution is 7.17. The Balaban J connectivity index is 2.26. The van der Waals surface area contributed by atoms with Crippen molar-refractivity contribution in [3.63, 3.8) is 0 Å². The highest BCUT2D eigenvalue weighted by Gasteiger charge is 2.14. The Hall–Kier alpha value is -0.940. The zero-order valence-electron chi connectivity index (χ0n) is 10.1. The van der Waals surface area contributed by atoms with E-state index in [0.29, 0.717) is 6.61 Å². The molecule has 0 radical (unpaired) electrons. The van der Waals surface area contributed by atoms with Crippen LogP contribution in [0.4, 0.5) is 0 Å². The van der Waals surface area contributed by atoms with E-state index in [1.54, 1.807) is 11.3 Å². The first-order valence-corrected chi connectivity index (χ1v) is 6.64. The highest BCUT2D eigenvalue weighted by atomic mass is 32.1. The van der Waals surface area contributed by atoms with Gasteiger partial charge in [0.25, 0.3) is 0 Å². The highest BCUT2D eigenvalue weighted by Crippen LogP contribution is 2.28. The first-order chi connectivity index (χ1) is 8.22. The molecule has 2 aromatic rings. The van der Waals surface area contributed by atoms with E-state index in [2.05, 4.69) is 35.1 Å². The Bertz CT molecular complexity index is 481. The molecular weight excluding hydrogens is 232 g/mol. The average Bonchev–Trinajstić information content (AvgIpc) is 2.78. The van der Waals surface area contributed by atoms with Gasteiger partial charge in [-0.15, -0.1) is 11.3 Å². The van der Waals surface area contributed by atoms with Gasteiger partial charge in [0.1, 0.15) is 0 Å². The van der Waals surface area contributed by atoms with Gasteiger partial charge < -0.3 is 4.74 Å². The predicted octanol–water partition coefficient (Wildman–Crippen LogP) is 2.83. The number of rotatable bonds is 5. The number of nitrogens with one attached hydrogen (secondary N) is 1. The number of thiophene rings is 1. The summed E-state index contributed by atoms with van der Waals surface area (Å²) < 4.78 is 6.92. The standard InChI is InChI=1S/C13H18N2OS/c1-9(2)16-8-12(15-14)11-5-3-4-10-6-7-17-13(10)11/h3-7,9,12,15H,8,14H2,1-2H3. The van der Waals surface area contributed by atoms with Gasteiger partial charge in [-0.25, -0.2) is 0 Å². The lowest BCUT2D eigenvalue weighted by Crippen LogP contribution is -2.32. The molecule has 1 heterocycles. The minimum absolute atomic E-state index is 0.0414. The van der Waals surface area contributed by atoms with E-state index < -0.39 is 0 Å². The molecule has 1 unspecified atom stereocenters. The lowest BCUT2D eigenvalue weighted by Gasteiger charge is -2.18. The molecule has 0 aliphatic heterocycles. The fourth-order valence-electron chi connectivity index (χ4n) is 1.81. The largest absolute Gasteiger partial charge is 0.377 e. The van der Waals surface area contributed by atoms with Gasteiger partial charge in [-0.2, -0.15) is 0 Å². The molecule has 0 spiro atoms. The Morgan fingerprint density at radius 1 is 1.35 bits per heavy atom. The fraction of sp³-hybridized carbons (Fsp3) is 0.385. The molecule has 4 heteroatoms. The summed E-state index contributed by atoms with van der Waals surface area (Å²) >= 11 is 1.74. The lowest BCUT2D eigenvalue weighted by atomic mass is 10.1. The molecule has 1 aromatic carbocycles. The van der Waals surface area contributed by atoms with Gasteiger partial charge in [-0.3, -0.25) is 11.3 Å². The zero-order valence-corrected chi connectivity index (χ0v) is 11.0. The number of benzene rings is 1. The third kappa shape index (κ3) is 2.84. The van der Waals surface area contributed by atoms with Gasteiger partial charge in [-0.1, -0.05) is 18.2 Å². The van der Waals surface area contributed by atoms with Crippen molar-refractivity contribution in [3.05, 3.63) is 35.2 Å². The quantitative estimate of drug-likeness (QED) is 0.633. The lowest BCUT2D eigenvalue weighted by molar-refractivity contribution is 0.0614. The minimum Gasteiger partial charge on any atom is -0.377 e. The van der Waals surface area contributed by atoms with Crippen LogP contribution in [0.25, 0.3) is 10.1 Å². The number of nitrogens with two attached hydrogens (primary N) is 1. The van der Waals surface area contributed by atoms with Crippen LogP contribution >= 0.6 is 11.3 Å². The molecular formula is C13H18N2OS. The fourth-order valence-corrected chi connectivity index (χ4v) is 2.78. The molecule has 3 N–H and O–H groups in total. The molecule has 92 valence electrons. The number of fused-ring (bicyclic) bond motifs is 1. The average molecular weight is 250 g/mol. The van der Waals surface area contributed by atoms with Crippen molar-refractivity contribution >= 4 is 21.4 Å². The van der Waals surface area contributed by atoms with Crippen LogP contribution in [0, 0.1) is 0 Å². The van der Waals surface area contributed by atoms with Crippen molar-refractivity contribution in [2.75, 3.05) is 6.61 Å². The first-order valence-electron chi connectivity index (χ1n) is 5.76. The maximum Gasteiger partial charge on any atom is 0.0707 e. The van der Waals surface area contributed by atoms with Crippen LogP contribution in [0.3, 0.4) is 0 Å². The third-order valence-corrected chi connectivity index (χ3v) is 3.66. The van der Waals surface area contributed by atoms with Crippen LogP contribution in [0.2, 0.25) is 0 Å². The second-order valence-corrected chi connectivity index (χ2v) is 5.20. The molecule has 1 atom stereocenters. The van der Waals surface area contributed by atoms with E-state index in [0.717, 1.165) is 0 Å². The SMILES string of the molecule is CC(C)OCC(NN)c1cccc2ccsc12. The van der Waals surface area contributed by atoms with Gasteiger partial charge in [0.05, 0.1) is 18.8 Å². The smallest absolute Gasteiger partial charge is 0.0707 e. The maximum absolute atomic E-state index is 5.64. The molecule has 0 bridgehead atoms. The van der Waals surface area contributed by atoms with Gasteiger partial charge in [0.15, 0.2) is 0 Å². The van der Waals surface area contributed by atoms with E-state index in [4.69, 9.17) is 10.6 Å². The molecule has 0 saturated carbocycles. The summed E-state index contributed by atoms with van der Waals surface area (Å²) in [6.07, 6.45) is 0.216. The predicted molar refractivity (Wildman–Crippen MR) is 73.0 cm³/mol. The molecule has 0 fully saturated rings. The van der Waals surface area contributed by atoms with Crippen molar-refractivity contribution in [2.45, 2.75) is 26.0 Å². The second kappa shape index (κ2) is 5.60. The van der Waals surface area contributed by atoms with Gasteiger partial charge in [0.2, 0.25) is 0 Å². The molecule has 3 nitrogen and oxygen atoms in total. The summed E-state index contributed by atoms with van der Waals surface area (Å²) in [6.45, 7) is 4.64. The summed E-state index contributed by atoms with van der Waals surface area (Å²) in [5.74, 6) is 5.63. The Kier molecular flexibility index (Phi) is 4.12. The summed E-state index contributed by atoms with van der Waals surface area (Å²) in [5, 5.41) is 3.36. The molecule has 0 saturated heterocycles. The van der Waals surface area contributed by atoms with E-state index in [1.165, 1.54) is 15.6 Å². The summed E-state index contributed by atoms with van der Waals surface area (Å²) in [6, 6.07) is 8.45. The maximum atomic E-state index is 5.64. The summed E-state index contributed by atoms with van der Waals surface area (Å²) in [7, 11) is 0. The monoisotopic (exact) mass is 250 g/mol. The number of hydrazine groups is 1. The zero-order chi connectivity index (χ0) is 12.3. The Labute approximate surface area is 106 Å².